The van der Waals surface area contributed by atoms with Gasteiger partial charge in [0, 0.05) is 0 Å². The quantitative estimate of drug-likeness (QED) is 0.789. The second kappa shape index (κ2) is 7.76. The highest BCUT2D eigenvalue weighted by atomic mass is 15.1. The maximum absolute atomic E-state index is 9.11. The van der Waals surface area contributed by atoms with Crippen molar-refractivity contribution in [3.63, 3.8) is 0 Å². The van der Waals surface area contributed by atoms with Crippen LogP contribution in [0.4, 0.5) is 0 Å². The summed E-state index contributed by atoms with van der Waals surface area (Å²) < 4.78 is 0. The lowest BCUT2D eigenvalue weighted by Crippen LogP contribution is -2.39. The highest BCUT2D eigenvalue weighted by Crippen LogP contribution is 2.20. The molecule has 104 valence electrons. The Bertz CT molecular complexity index is 271. The van der Waals surface area contributed by atoms with Gasteiger partial charge in [0.1, 0.15) is 5.54 Å². The van der Waals surface area contributed by atoms with E-state index in [1.807, 2.05) is 14.0 Å². The Kier molecular flexibility index (Phi) is 6.67. The first-order valence-electron chi connectivity index (χ1n) is 7.46. The lowest BCUT2D eigenvalue weighted by atomic mass is 9.98. The first-order chi connectivity index (χ1) is 8.63. The van der Waals surface area contributed by atoms with E-state index in [4.69, 9.17) is 5.26 Å². The standard InChI is InChI=1S/C15H29N3/c1-4-14-7-5-10-18(12-8-14)11-6-9-15(2,13-16)17-3/h14,17H,4-12H2,1-3H3. The molecule has 1 heterocycles. The van der Waals surface area contributed by atoms with Gasteiger partial charge in [-0.25, -0.2) is 0 Å². The first kappa shape index (κ1) is 15.5. The van der Waals surface area contributed by atoms with E-state index in [2.05, 4.69) is 23.2 Å². The average Bonchev–Trinajstić information content (AvgIpc) is 2.63. The molecule has 0 bridgehead atoms. The molecule has 1 rings (SSSR count). The fraction of sp³-hybridized carbons (Fsp3) is 0.933. The molecule has 2 atom stereocenters. The second-order valence-corrected chi connectivity index (χ2v) is 5.84. The molecule has 0 aliphatic carbocycles. The normalized spacial score (nSPS) is 25.1. The van der Waals surface area contributed by atoms with Gasteiger partial charge in [-0.3, -0.25) is 0 Å². The molecule has 3 nitrogen and oxygen atoms in total. The molecule has 1 saturated heterocycles. The van der Waals surface area contributed by atoms with Crippen molar-refractivity contribution in [2.45, 2.75) is 57.9 Å². The van der Waals surface area contributed by atoms with Gasteiger partial charge >= 0.3 is 0 Å². The summed E-state index contributed by atoms with van der Waals surface area (Å²) in [5.74, 6) is 0.941. The molecule has 2 unspecified atom stereocenters. The molecule has 1 aliphatic rings. The Morgan fingerprint density at radius 2 is 2.17 bits per heavy atom. The van der Waals surface area contributed by atoms with Crippen molar-refractivity contribution in [2.24, 2.45) is 5.92 Å². The number of nitrogens with zero attached hydrogens (tertiary/aromatic N) is 2. The van der Waals surface area contributed by atoms with Crippen LogP contribution in [0.25, 0.3) is 0 Å². The first-order valence-corrected chi connectivity index (χ1v) is 7.46. The zero-order valence-electron chi connectivity index (χ0n) is 12.3. The van der Waals surface area contributed by atoms with Crippen LogP contribution >= 0.6 is 0 Å². The molecule has 0 aromatic rings. The van der Waals surface area contributed by atoms with Crippen LogP contribution < -0.4 is 5.32 Å². The van der Waals surface area contributed by atoms with E-state index in [9.17, 15) is 0 Å². The summed E-state index contributed by atoms with van der Waals surface area (Å²) in [7, 11) is 1.88. The molecule has 1 N–H and O–H groups in total. The van der Waals surface area contributed by atoms with E-state index in [0.29, 0.717) is 0 Å². The maximum Gasteiger partial charge on any atom is 0.103 e. The van der Waals surface area contributed by atoms with Crippen molar-refractivity contribution in [2.75, 3.05) is 26.7 Å². The number of hydrogen-bond donors (Lipinski definition) is 1. The summed E-state index contributed by atoms with van der Waals surface area (Å²) in [5.41, 5.74) is -0.349. The van der Waals surface area contributed by atoms with Crippen LogP contribution in [0.15, 0.2) is 0 Å². The predicted molar refractivity (Wildman–Crippen MR) is 76.4 cm³/mol. The number of likely N-dealkylation sites (tertiary alicyclic amines) is 1. The van der Waals surface area contributed by atoms with Gasteiger partial charge in [-0.1, -0.05) is 13.3 Å². The summed E-state index contributed by atoms with van der Waals surface area (Å²) >= 11 is 0. The van der Waals surface area contributed by atoms with Crippen molar-refractivity contribution in [3.8, 4) is 6.07 Å². The highest BCUT2D eigenvalue weighted by molar-refractivity contribution is 5.02. The minimum Gasteiger partial charge on any atom is -0.303 e. The van der Waals surface area contributed by atoms with Crippen LogP contribution in [0.5, 0.6) is 0 Å². The molecule has 0 spiro atoms. The van der Waals surface area contributed by atoms with E-state index in [-0.39, 0.29) is 5.54 Å². The van der Waals surface area contributed by atoms with E-state index >= 15 is 0 Å². The van der Waals surface area contributed by atoms with Gasteiger partial charge in [0.15, 0.2) is 0 Å². The molecule has 3 heteroatoms. The van der Waals surface area contributed by atoms with E-state index < -0.39 is 0 Å². The lowest BCUT2D eigenvalue weighted by molar-refractivity contribution is 0.264. The van der Waals surface area contributed by atoms with Gasteiger partial charge in [0.05, 0.1) is 6.07 Å². The topological polar surface area (TPSA) is 39.1 Å². The maximum atomic E-state index is 9.11. The molecule has 18 heavy (non-hydrogen) atoms. The van der Waals surface area contributed by atoms with Crippen LogP contribution in [0.1, 0.15) is 52.4 Å². The molecule has 1 aliphatic heterocycles. The fourth-order valence-corrected chi connectivity index (χ4v) is 2.75. The Labute approximate surface area is 113 Å². The Hall–Kier alpha value is -0.590. The molecular weight excluding hydrogens is 222 g/mol. The van der Waals surface area contributed by atoms with Crippen molar-refractivity contribution >= 4 is 0 Å². The van der Waals surface area contributed by atoms with Crippen LogP contribution in [-0.2, 0) is 0 Å². The molecule has 0 amide bonds. The summed E-state index contributed by atoms with van der Waals surface area (Å²) in [4.78, 5) is 2.59. The molecule has 0 saturated carbocycles. The predicted octanol–water partition coefficient (Wildman–Crippen LogP) is 2.78. The van der Waals surface area contributed by atoms with Crippen molar-refractivity contribution in [1.82, 2.24) is 10.2 Å². The second-order valence-electron chi connectivity index (χ2n) is 5.84. The zero-order chi connectivity index (χ0) is 13.4. The summed E-state index contributed by atoms with van der Waals surface area (Å²) in [6, 6.07) is 2.36. The molecule has 0 aromatic heterocycles. The minimum absolute atomic E-state index is 0.349. The van der Waals surface area contributed by atoms with Gasteiger partial charge in [0.25, 0.3) is 0 Å². The van der Waals surface area contributed by atoms with Crippen LogP contribution in [0.2, 0.25) is 0 Å². The van der Waals surface area contributed by atoms with Crippen LogP contribution in [-0.4, -0.2) is 37.1 Å². The Balaban J connectivity index is 2.25. The summed E-state index contributed by atoms with van der Waals surface area (Å²) in [5, 5.41) is 12.2. The van der Waals surface area contributed by atoms with Gasteiger partial charge < -0.3 is 10.2 Å². The lowest BCUT2D eigenvalue weighted by Gasteiger charge is -2.24. The van der Waals surface area contributed by atoms with Gasteiger partial charge in [-0.2, -0.15) is 5.26 Å². The van der Waals surface area contributed by atoms with Gasteiger partial charge in [0.2, 0.25) is 0 Å². The fourth-order valence-electron chi connectivity index (χ4n) is 2.75. The van der Waals surface area contributed by atoms with E-state index in [1.165, 1.54) is 38.8 Å². The Morgan fingerprint density at radius 1 is 1.39 bits per heavy atom. The van der Waals surface area contributed by atoms with E-state index in [0.717, 1.165) is 25.3 Å². The van der Waals surface area contributed by atoms with Crippen molar-refractivity contribution in [1.29, 1.82) is 5.26 Å². The van der Waals surface area contributed by atoms with Crippen LogP contribution in [0, 0.1) is 17.2 Å². The van der Waals surface area contributed by atoms with Crippen molar-refractivity contribution in [3.05, 3.63) is 0 Å². The average molecular weight is 251 g/mol. The van der Waals surface area contributed by atoms with Gasteiger partial charge in [-0.15, -0.1) is 0 Å². The summed E-state index contributed by atoms with van der Waals surface area (Å²) in [6.45, 7) is 7.95. The van der Waals surface area contributed by atoms with Crippen LogP contribution in [0.3, 0.4) is 0 Å². The molecule has 0 radical (unpaired) electrons. The number of rotatable bonds is 6. The SMILES string of the molecule is CCC1CCCN(CCCC(C)(C#N)NC)CC1. The molecule has 1 fully saturated rings. The molecular formula is C15H29N3. The zero-order valence-corrected chi connectivity index (χ0v) is 12.3. The molecule has 0 aromatic carbocycles. The third-order valence-electron chi connectivity index (χ3n) is 4.47. The number of nitriles is 1. The largest absolute Gasteiger partial charge is 0.303 e. The Morgan fingerprint density at radius 3 is 2.78 bits per heavy atom. The minimum atomic E-state index is -0.349. The third kappa shape index (κ3) is 4.96. The highest BCUT2D eigenvalue weighted by Gasteiger charge is 2.21. The smallest absolute Gasteiger partial charge is 0.103 e. The number of hydrogen-bond acceptors (Lipinski definition) is 3. The summed E-state index contributed by atoms with van der Waals surface area (Å²) in [6.07, 6.45) is 7.49. The monoisotopic (exact) mass is 251 g/mol. The van der Waals surface area contributed by atoms with Gasteiger partial charge in [-0.05, 0) is 71.6 Å². The third-order valence-corrected chi connectivity index (χ3v) is 4.47. The number of nitrogens with one attached hydrogen (secondary N) is 1. The van der Waals surface area contributed by atoms with E-state index in [1.54, 1.807) is 0 Å². The van der Waals surface area contributed by atoms with Crippen molar-refractivity contribution < 1.29 is 0 Å².